The van der Waals surface area contributed by atoms with Crippen LogP contribution in [0.25, 0.3) is 0 Å². The van der Waals surface area contributed by atoms with Gasteiger partial charge in [-0.2, -0.15) is 13.2 Å². The fraction of sp³-hybridized carbons (Fsp3) is 0.632. The topological polar surface area (TPSA) is 89.6 Å². The molecule has 0 unspecified atom stereocenters. The molecule has 1 aliphatic heterocycles. The minimum atomic E-state index is -4.69. The Hall–Kier alpha value is -2.43. The van der Waals surface area contributed by atoms with Crippen molar-refractivity contribution in [2.75, 3.05) is 20.3 Å². The summed E-state index contributed by atoms with van der Waals surface area (Å²) in [5, 5.41) is 5.09. The first-order chi connectivity index (χ1) is 13.7. The molecule has 1 aliphatic rings. The van der Waals surface area contributed by atoms with E-state index in [2.05, 4.69) is 15.6 Å². The third-order valence-corrected chi connectivity index (χ3v) is 5.25. The molecule has 1 fully saturated rings. The van der Waals surface area contributed by atoms with Crippen LogP contribution in [0.5, 0.6) is 5.75 Å². The largest absolute Gasteiger partial charge is 0.481 e. The fourth-order valence-corrected chi connectivity index (χ4v) is 2.66. The van der Waals surface area contributed by atoms with Crippen LogP contribution in [0.15, 0.2) is 12.3 Å². The molecular formula is C19H25F4N3O4. The van der Waals surface area contributed by atoms with Gasteiger partial charge in [0.25, 0.3) is 5.91 Å². The van der Waals surface area contributed by atoms with Crippen molar-refractivity contribution in [3.63, 3.8) is 0 Å². The van der Waals surface area contributed by atoms with Crippen molar-refractivity contribution in [3.8, 4) is 5.75 Å². The lowest BCUT2D eigenvalue weighted by Crippen LogP contribution is -2.50. The SMILES string of the molecule is CNC(=O)C(C)(C)[C@H](C)NC(=O)c1cc(O[C@@H](C)C(F)(F)F)c(C2(F)COC2)cn1. The fourth-order valence-electron chi connectivity index (χ4n) is 2.66. The van der Waals surface area contributed by atoms with Crippen LogP contribution < -0.4 is 15.4 Å². The average Bonchev–Trinajstić information content (AvgIpc) is 2.64. The van der Waals surface area contributed by atoms with Crippen LogP contribution in [0.4, 0.5) is 17.6 Å². The zero-order chi connectivity index (χ0) is 22.9. The van der Waals surface area contributed by atoms with Gasteiger partial charge in [0.05, 0.1) is 24.2 Å². The Bertz CT molecular complexity index is 809. The lowest BCUT2D eigenvalue weighted by atomic mass is 9.84. The number of ether oxygens (including phenoxy) is 2. The van der Waals surface area contributed by atoms with Gasteiger partial charge in [0, 0.05) is 25.4 Å². The number of amides is 2. The number of hydrogen-bond acceptors (Lipinski definition) is 5. The second-order valence-corrected chi connectivity index (χ2v) is 7.82. The van der Waals surface area contributed by atoms with Gasteiger partial charge in [-0.05, 0) is 27.7 Å². The zero-order valence-electron chi connectivity index (χ0n) is 17.3. The van der Waals surface area contributed by atoms with Crippen molar-refractivity contribution < 1.29 is 36.6 Å². The minimum Gasteiger partial charge on any atom is -0.481 e. The summed E-state index contributed by atoms with van der Waals surface area (Å²) in [6.45, 7) is 4.92. The second kappa shape index (κ2) is 8.37. The molecule has 2 amide bonds. The molecule has 168 valence electrons. The Balaban J connectivity index is 2.31. The van der Waals surface area contributed by atoms with Gasteiger partial charge in [0.1, 0.15) is 11.4 Å². The van der Waals surface area contributed by atoms with Crippen LogP contribution >= 0.6 is 0 Å². The molecule has 11 heteroatoms. The summed E-state index contributed by atoms with van der Waals surface area (Å²) in [4.78, 5) is 28.5. The monoisotopic (exact) mass is 435 g/mol. The number of aromatic nitrogens is 1. The quantitative estimate of drug-likeness (QED) is 0.643. The molecule has 0 radical (unpaired) electrons. The van der Waals surface area contributed by atoms with Gasteiger partial charge in [0.15, 0.2) is 11.8 Å². The summed E-state index contributed by atoms with van der Waals surface area (Å²) in [6.07, 6.45) is -5.94. The molecule has 2 atom stereocenters. The smallest absolute Gasteiger partial charge is 0.425 e. The van der Waals surface area contributed by atoms with Crippen LogP contribution in [0.2, 0.25) is 0 Å². The van der Waals surface area contributed by atoms with Crippen LogP contribution in [0, 0.1) is 5.41 Å². The first kappa shape index (κ1) is 23.8. The normalized spacial score (nSPS) is 18.0. The van der Waals surface area contributed by atoms with Crippen LogP contribution in [-0.4, -0.2) is 55.4 Å². The highest BCUT2D eigenvalue weighted by Crippen LogP contribution is 2.40. The summed E-state index contributed by atoms with van der Waals surface area (Å²) >= 11 is 0. The number of hydrogen-bond donors (Lipinski definition) is 2. The molecule has 0 spiro atoms. The van der Waals surface area contributed by atoms with Crippen molar-refractivity contribution in [1.29, 1.82) is 0 Å². The molecule has 0 bridgehead atoms. The number of halogens is 4. The molecule has 1 aromatic rings. The highest BCUT2D eigenvalue weighted by molar-refractivity contribution is 5.93. The molecule has 7 nitrogen and oxygen atoms in total. The maximum atomic E-state index is 14.8. The number of nitrogens with zero attached hydrogens (tertiary/aromatic N) is 1. The first-order valence-corrected chi connectivity index (χ1v) is 9.26. The Morgan fingerprint density at radius 3 is 2.33 bits per heavy atom. The Morgan fingerprint density at radius 1 is 1.27 bits per heavy atom. The molecule has 0 aromatic carbocycles. The second-order valence-electron chi connectivity index (χ2n) is 7.82. The number of nitrogens with one attached hydrogen (secondary N) is 2. The van der Waals surface area contributed by atoms with E-state index in [4.69, 9.17) is 9.47 Å². The maximum absolute atomic E-state index is 14.8. The number of rotatable bonds is 7. The Morgan fingerprint density at radius 2 is 1.87 bits per heavy atom. The average molecular weight is 435 g/mol. The standard InChI is InChI=1S/C19H25F4N3O4/c1-10(17(3,4)16(28)24-5)26-15(27)13-6-14(30-11(2)19(21,22)23)12(7-25-13)18(20)8-29-9-18/h6-7,10-11H,8-9H2,1-5H3,(H,24,28)(H,26,27)/t10-,11-/m0/s1. The molecule has 2 N–H and O–H groups in total. The van der Waals surface area contributed by atoms with Crippen LogP contribution in [0.3, 0.4) is 0 Å². The lowest BCUT2D eigenvalue weighted by Gasteiger charge is -2.35. The van der Waals surface area contributed by atoms with Gasteiger partial charge in [-0.15, -0.1) is 0 Å². The summed E-state index contributed by atoms with van der Waals surface area (Å²) in [5.74, 6) is -1.50. The zero-order valence-corrected chi connectivity index (χ0v) is 17.3. The molecule has 1 aromatic heterocycles. The molecule has 2 rings (SSSR count). The van der Waals surface area contributed by atoms with E-state index >= 15 is 0 Å². The van der Waals surface area contributed by atoms with Crippen LogP contribution in [-0.2, 0) is 15.2 Å². The Labute approximate surface area is 171 Å². The highest BCUT2D eigenvalue weighted by Gasteiger charge is 2.45. The summed E-state index contributed by atoms with van der Waals surface area (Å²) in [5.41, 5.74) is -3.51. The van der Waals surface area contributed by atoms with Gasteiger partial charge < -0.3 is 20.1 Å². The van der Waals surface area contributed by atoms with Crippen molar-refractivity contribution in [3.05, 3.63) is 23.5 Å². The van der Waals surface area contributed by atoms with Gasteiger partial charge in [-0.1, -0.05) is 0 Å². The summed E-state index contributed by atoms with van der Waals surface area (Å²) in [7, 11) is 1.46. The Kier molecular flexibility index (Phi) is 6.65. The van der Waals surface area contributed by atoms with E-state index in [1.165, 1.54) is 7.05 Å². The van der Waals surface area contributed by atoms with Gasteiger partial charge in [-0.3, -0.25) is 14.6 Å². The van der Waals surface area contributed by atoms with E-state index in [9.17, 15) is 27.2 Å². The van der Waals surface area contributed by atoms with E-state index in [0.717, 1.165) is 19.2 Å². The maximum Gasteiger partial charge on any atom is 0.425 e. The van der Waals surface area contributed by atoms with Crippen molar-refractivity contribution in [2.45, 2.75) is 51.7 Å². The number of pyridine rings is 1. The molecular weight excluding hydrogens is 410 g/mol. The van der Waals surface area contributed by atoms with Crippen molar-refractivity contribution in [2.24, 2.45) is 5.41 Å². The van der Waals surface area contributed by atoms with Crippen molar-refractivity contribution in [1.82, 2.24) is 15.6 Å². The van der Waals surface area contributed by atoms with E-state index < -0.39 is 41.1 Å². The molecule has 30 heavy (non-hydrogen) atoms. The molecule has 1 saturated heterocycles. The number of alkyl halides is 4. The van der Waals surface area contributed by atoms with Gasteiger partial charge >= 0.3 is 6.18 Å². The molecule has 0 aliphatic carbocycles. The third-order valence-electron chi connectivity index (χ3n) is 5.25. The van der Waals surface area contributed by atoms with Crippen molar-refractivity contribution >= 4 is 11.8 Å². The predicted octanol–water partition coefficient (Wildman–Crippen LogP) is 2.50. The number of carbonyl (C=O) groups is 2. The van der Waals surface area contributed by atoms with Gasteiger partial charge in [0.2, 0.25) is 5.91 Å². The van der Waals surface area contributed by atoms with Crippen LogP contribution in [0.1, 0.15) is 43.7 Å². The summed E-state index contributed by atoms with van der Waals surface area (Å²) in [6, 6.07) is 0.323. The van der Waals surface area contributed by atoms with E-state index in [1.807, 2.05) is 0 Å². The predicted molar refractivity (Wildman–Crippen MR) is 98.8 cm³/mol. The van der Waals surface area contributed by atoms with E-state index in [-0.39, 0.29) is 30.4 Å². The van der Waals surface area contributed by atoms with Gasteiger partial charge in [-0.25, -0.2) is 4.39 Å². The number of carbonyl (C=O) groups excluding carboxylic acids is 2. The molecule has 0 saturated carbocycles. The minimum absolute atomic E-state index is 0.222. The van der Waals surface area contributed by atoms with E-state index in [0.29, 0.717) is 0 Å². The molecule has 2 heterocycles. The summed E-state index contributed by atoms with van der Waals surface area (Å²) < 4.78 is 63.4. The highest BCUT2D eigenvalue weighted by atomic mass is 19.4. The van der Waals surface area contributed by atoms with E-state index in [1.54, 1.807) is 20.8 Å². The first-order valence-electron chi connectivity index (χ1n) is 9.26. The lowest BCUT2D eigenvalue weighted by molar-refractivity contribution is -0.190. The third kappa shape index (κ3) is 4.82.